The Morgan fingerprint density at radius 3 is 2.38 bits per heavy atom. The maximum absolute atomic E-state index is 11.1. The van der Waals surface area contributed by atoms with E-state index >= 15 is 0 Å². The van der Waals surface area contributed by atoms with Crippen LogP contribution in [0.4, 0.5) is 0 Å². The third-order valence-electron chi connectivity index (χ3n) is 2.49. The number of rotatable bonds is 4. The fourth-order valence-corrected chi connectivity index (χ4v) is 1.71. The Balaban J connectivity index is 3.12. The molecular formula is C12H16O4. The number of hydrogen-bond donors (Lipinski definition) is 2. The van der Waals surface area contributed by atoms with E-state index in [0.717, 1.165) is 0 Å². The van der Waals surface area contributed by atoms with Crippen molar-refractivity contribution in [2.24, 2.45) is 5.92 Å². The molecule has 0 radical (unpaired) electrons. The van der Waals surface area contributed by atoms with Crippen molar-refractivity contribution in [1.82, 2.24) is 0 Å². The van der Waals surface area contributed by atoms with Gasteiger partial charge in [-0.1, -0.05) is 19.9 Å². The summed E-state index contributed by atoms with van der Waals surface area (Å²) in [5.74, 6) is -1.23. The predicted octanol–water partition coefficient (Wildman–Crippen LogP) is 2.23. The van der Waals surface area contributed by atoms with E-state index in [1.165, 1.54) is 13.2 Å². The smallest absolute Gasteiger partial charge is 0.311 e. The van der Waals surface area contributed by atoms with Gasteiger partial charge >= 0.3 is 5.97 Å². The van der Waals surface area contributed by atoms with E-state index in [9.17, 15) is 9.90 Å². The van der Waals surface area contributed by atoms with Crippen molar-refractivity contribution >= 4 is 5.97 Å². The molecule has 1 aromatic carbocycles. The van der Waals surface area contributed by atoms with Gasteiger partial charge in [-0.25, -0.2) is 0 Å². The van der Waals surface area contributed by atoms with Gasteiger partial charge in [0.15, 0.2) is 11.5 Å². The van der Waals surface area contributed by atoms with Crippen LogP contribution < -0.4 is 4.74 Å². The van der Waals surface area contributed by atoms with Gasteiger partial charge in [-0.15, -0.1) is 0 Å². The number of methoxy groups -OCH3 is 1. The van der Waals surface area contributed by atoms with Crippen molar-refractivity contribution in [3.8, 4) is 11.5 Å². The Hall–Kier alpha value is -1.71. The molecule has 4 heteroatoms. The molecule has 0 aromatic heterocycles. The number of aromatic hydroxyl groups is 1. The quantitative estimate of drug-likeness (QED) is 0.823. The minimum Gasteiger partial charge on any atom is -0.504 e. The molecule has 1 rings (SSSR count). The van der Waals surface area contributed by atoms with E-state index in [1.54, 1.807) is 12.1 Å². The second-order valence-electron chi connectivity index (χ2n) is 3.99. The van der Waals surface area contributed by atoms with Crippen molar-refractivity contribution in [3.63, 3.8) is 0 Å². The Bertz CT molecular complexity index is 385. The van der Waals surface area contributed by atoms with E-state index in [0.29, 0.717) is 11.3 Å². The minimum absolute atomic E-state index is 0.0353. The van der Waals surface area contributed by atoms with Crippen LogP contribution in [0, 0.1) is 5.92 Å². The summed E-state index contributed by atoms with van der Waals surface area (Å²) in [6.45, 7) is 3.67. The molecule has 0 fully saturated rings. The topological polar surface area (TPSA) is 66.8 Å². The number of carboxylic acids is 1. The molecule has 0 saturated heterocycles. The normalized spacial score (nSPS) is 12.5. The fourth-order valence-electron chi connectivity index (χ4n) is 1.71. The van der Waals surface area contributed by atoms with Crippen LogP contribution in [-0.2, 0) is 4.79 Å². The molecule has 0 spiro atoms. The van der Waals surface area contributed by atoms with E-state index < -0.39 is 11.9 Å². The summed E-state index contributed by atoms with van der Waals surface area (Å²) >= 11 is 0. The molecule has 1 aromatic rings. The highest BCUT2D eigenvalue weighted by atomic mass is 16.5. The Morgan fingerprint density at radius 2 is 2.00 bits per heavy atom. The Kier molecular flexibility index (Phi) is 3.77. The molecule has 0 aliphatic rings. The van der Waals surface area contributed by atoms with Gasteiger partial charge in [0.2, 0.25) is 0 Å². The molecule has 1 atom stereocenters. The van der Waals surface area contributed by atoms with E-state index in [-0.39, 0.29) is 11.7 Å². The highest BCUT2D eigenvalue weighted by Crippen LogP contribution is 2.32. The van der Waals surface area contributed by atoms with Crippen molar-refractivity contribution in [2.75, 3.05) is 7.11 Å². The molecule has 16 heavy (non-hydrogen) atoms. The first kappa shape index (κ1) is 12.4. The lowest BCUT2D eigenvalue weighted by atomic mass is 9.88. The third-order valence-corrected chi connectivity index (χ3v) is 2.49. The van der Waals surface area contributed by atoms with Crippen LogP contribution in [0.1, 0.15) is 25.3 Å². The monoisotopic (exact) mass is 224 g/mol. The van der Waals surface area contributed by atoms with Crippen molar-refractivity contribution in [2.45, 2.75) is 19.8 Å². The lowest BCUT2D eigenvalue weighted by molar-refractivity contribution is -0.139. The van der Waals surface area contributed by atoms with Gasteiger partial charge in [0.25, 0.3) is 0 Å². The number of ether oxygens (including phenoxy) is 1. The summed E-state index contributed by atoms with van der Waals surface area (Å²) in [7, 11) is 1.45. The molecule has 0 heterocycles. The zero-order valence-corrected chi connectivity index (χ0v) is 9.60. The number of phenolic OH excluding ortho intramolecular Hbond substituents is 1. The van der Waals surface area contributed by atoms with E-state index in [2.05, 4.69) is 0 Å². The number of phenols is 1. The highest BCUT2D eigenvalue weighted by Gasteiger charge is 2.24. The van der Waals surface area contributed by atoms with Gasteiger partial charge in [0, 0.05) is 0 Å². The van der Waals surface area contributed by atoms with Gasteiger partial charge in [-0.05, 0) is 23.6 Å². The number of hydrogen-bond acceptors (Lipinski definition) is 3. The first-order valence-corrected chi connectivity index (χ1v) is 5.07. The molecule has 0 amide bonds. The summed E-state index contributed by atoms with van der Waals surface area (Å²) in [5.41, 5.74) is 0.584. The molecular weight excluding hydrogens is 208 g/mol. The Morgan fingerprint density at radius 1 is 1.38 bits per heavy atom. The van der Waals surface area contributed by atoms with Crippen LogP contribution in [0.15, 0.2) is 18.2 Å². The summed E-state index contributed by atoms with van der Waals surface area (Å²) in [6, 6.07) is 4.68. The number of aliphatic carboxylic acids is 1. The average Bonchev–Trinajstić information content (AvgIpc) is 2.16. The second-order valence-corrected chi connectivity index (χ2v) is 3.99. The van der Waals surface area contributed by atoms with Crippen LogP contribution in [0.2, 0.25) is 0 Å². The minimum atomic E-state index is -0.889. The number of benzene rings is 1. The molecule has 1 unspecified atom stereocenters. The molecule has 88 valence electrons. The van der Waals surface area contributed by atoms with Crippen LogP contribution in [-0.4, -0.2) is 23.3 Å². The lowest BCUT2D eigenvalue weighted by Crippen LogP contribution is -2.17. The summed E-state index contributed by atoms with van der Waals surface area (Å²) in [4.78, 5) is 11.1. The molecule has 0 aliphatic heterocycles. The predicted molar refractivity (Wildman–Crippen MR) is 59.9 cm³/mol. The molecule has 0 aliphatic carbocycles. The summed E-state index contributed by atoms with van der Waals surface area (Å²) in [5, 5.41) is 18.7. The highest BCUT2D eigenvalue weighted by molar-refractivity contribution is 5.76. The van der Waals surface area contributed by atoms with Gasteiger partial charge in [-0.2, -0.15) is 0 Å². The number of carbonyl (C=O) groups is 1. The van der Waals surface area contributed by atoms with E-state index in [4.69, 9.17) is 9.84 Å². The standard InChI is InChI=1S/C12H16O4/c1-7(2)11(12(14)15)8-4-5-10(16-3)9(13)6-8/h4-7,11,13H,1-3H3,(H,14,15). The zero-order valence-electron chi connectivity index (χ0n) is 9.60. The summed E-state index contributed by atoms with van der Waals surface area (Å²) < 4.78 is 4.90. The number of carboxylic acid groups (broad SMARTS) is 1. The van der Waals surface area contributed by atoms with E-state index in [1.807, 2.05) is 13.8 Å². The SMILES string of the molecule is COc1ccc(C(C(=O)O)C(C)C)cc1O. The third kappa shape index (κ3) is 2.45. The zero-order chi connectivity index (χ0) is 12.3. The lowest BCUT2D eigenvalue weighted by Gasteiger charge is -2.17. The maximum atomic E-state index is 11.1. The maximum Gasteiger partial charge on any atom is 0.311 e. The Labute approximate surface area is 94.5 Å². The van der Waals surface area contributed by atoms with Crippen LogP contribution >= 0.6 is 0 Å². The van der Waals surface area contributed by atoms with Crippen molar-refractivity contribution < 1.29 is 19.7 Å². The van der Waals surface area contributed by atoms with Gasteiger partial charge in [0.05, 0.1) is 13.0 Å². The van der Waals surface area contributed by atoms with Gasteiger partial charge < -0.3 is 14.9 Å². The first-order chi connectivity index (χ1) is 7.47. The van der Waals surface area contributed by atoms with Gasteiger partial charge in [0.1, 0.15) is 0 Å². The van der Waals surface area contributed by atoms with Crippen LogP contribution in [0.5, 0.6) is 11.5 Å². The molecule has 4 nitrogen and oxygen atoms in total. The fraction of sp³-hybridized carbons (Fsp3) is 0.417. The van der Waals surface area contributed by atoms with Crippen molar-refractivity contribution in [3.05, 3.63) is 23.8 Å². The van der Waals surface area contributed by atoms with Crippen LogP contribution in [0.3, 0.4) is 0 Å². The first-order valence-electron chi connectivity index (χ1n) is 5.07. The second kappa shape index (κ2) is 4.88. The summed E-state index contributed by atoms with van der Waals surface area (Å²) in [6.07, 6.45) is 0. The molecule has 0 saturated carbocycles. The van der Waals surface area contributed by atoms with Crippen LogP contribution in [0.25, 0.3) is 0 Å². The van der Waals surface area contributed by atoms with Crippen molar-refractivity contribution in [1.29, 1.82) is 0 Å². The molecule has 2 N–H and O–H groups in total. The largest absolute Gasteiger partial charge is 0.504 e. The molecule has 0 bridgehead atoms. The average molecular weight is 224 g/mol. The van der Waals surface area contributed by atoms with Gasteiger partial charge in [-0.3, -0.25) is 4.79 Å².